The van der Waals surface area contributed by atoms with E-state index < -0.39 is 5.97 Å². The van der Waals surface area contributed by atoms with Crippen molar-refractivity contribution in [3.8, 4) is 0 Å². The van der Waals surface area contributed by atoms with Crippen molar-refractivity contribution in [1.29, 1.82) is 0 Å². The van der Waals surface area contributed by atoms with Gasteiger partial charge in [-0.3, -0.25) is 9.69 Å². The number of hydrogen-bond acceptors (Lipinski definition) is 3. The number of carbonyl (C=O) groups is 1. The summed E-state index contributed by atoms with van der Waals surface area (Å²) in [7, 11) is 3.87. The molecule has 0 aliphatic carbocycles. The Hall–Kier alpha value is -0.980. The lowest BCUT2D eigenvalue weighted by atomic mass is 10.2. The molecule has 0 radical (unpaired) electrons. The summed E-state index contributed by atoms with van der Waals surface area (Å²) in [4.78, 5) is 14.7. The van der Waals surface area contributed by atoms with Crippen molar-refractivity contribution >= 4 is 21.9 Å². The lowest BCUT2D eigenvalue weighted by Gasteiger charge is -2.22. The zero-order valence-electron chi connectivity index (χ0n) is 11.1. The summed E-state index contributed by atoms with van der Waals surface area (Å²) in [5, 5.41) is 8.91. The molecule has 0 unspecified atom stereocenters. The molecule has 0 amide bonds. The van der Waals surface area contributed by atoms with Gasteiger partial charge in [-0.25, -0.2) is 4.39 Å². The Balaban J connectivity index is 2.72. The summed E-state index contributed by atoms with van der Waals surface area (Å²) in [5.74, 6) is -1.18. The normalized spacial score (nSPS) is 11.3. The summed E-state index contributed by atoms with van der Waals surface area (Å²) in [6.45, 7) is 1.86. The van der Waals surface area contributed by atoms with Crippen molar-refractivity contribution in [1.82, 2.24) is 9.80 Å². The van der Waals surface area contributed by atoms with Gasteiger partial charge >= 0.3 is 5.97 Å². The molecule has 0 spiro atoms. The number of aliphatic carboxylic acids is 1. The number of hydrogen-bond donors (Lipinski definition) is 1. The summed E-state index contributed by atoms with van der Waals surface area (Å²) in [6, 6.07) is 4.44. The molecule has 6 heteroatoms. The minimum absolute atomic E-state index is 0.0301. The SMILES string of the molecule is CN(C)CCN(CC(=O)O)Cc1ccc(F)cc1Br. The molecule has 0 aliphatic heterocycles. The highest BCUT2D eigenvalue weighted by Gasteiger charge is 2.12. The van der Waals surface area contributed by atoms with E-state index in [0.717, 1.165) is 12.1 Å². The molecule has 0 fully saturated rings. The van der Waals surface area contributed by atoms with Crippen LogP contribution in [0.5, 0.6) is 0 Å². The highest BCUT2D eigenvalue weighted by atomic mass is 79.9. The minimum Gasteiger partial charge on any atom is -0.480 e. The fourth-order valence-corrected chi connectivity index (χ4v) is 2.11. The first-order valence-corrected chi connectivity index (χ1v) is 6.70. The highest BCUT2D eigenvalue weighted by molar-refractivity contribution is 9.10. The maximum atomic E-state index is 13.0. The van der Waals surface area contributed by atoms with Crippen molar-refractivity contribution in [2.75, 3.05) is 33.7 Å². The molecule has 1 rings (SSSR count). The van der Waals surface area contributed by atoms with Gasteiger partial charge in [-0.05, 0) is 31.8 Å². The Morgan fingerprint density at radius 2 is 2.05 bits per heavy atom. The van der Waals surface area contributed by atoms with E-state index in [4.69, 9.17) is 5.11 Å². The Bertz CT molecular complexity index is 441. The number of carboxylic acid groups (broad SMARTS) is 1. The van der Waals surface area contributed by atoms with Crippen molar-refractivity contribution in [3.05, 3.63) is 34.1 Å². The summed E-state index contributed by atoms with van der Waals surface area (Å²) in [6.07, 6.45) is 0. The standard InChI is InChI=1S/C13H18BrFN2O2/c1-16(2)5-6-17(9-13(18)19)8-10-3-4-11(15)7-12(10)14/h3-4,7H,5-6,8-9H2,1-2H3,(H,18,19). The second-order valence-corrected chi connectivity index (χ2v) is 5.50. The Morgan fingerprint density at radius 1 is 1.37 bits per heavy atom. The molecular weight excluding hydrogens is 315 g/mol. The van der Waals surface area contributed by atoms with Crippen molar-refractivity contribution in [3.63, 3.8) is 0 Å². The van der Waals surface area contributed by atoms with E-state index in [0.29, 0.717) is 17.6 Å². The fourth-order valence-electron chi connectivity index (χ4n) is 1.64. The largest absolute Gasteiger partial charge is 0.480 e. The Kier molecular flexibility index (Phi) is 6.41. The number of nitrogens with zero attached hydrogens (tertiary/aromatic N) is 2. The lowest BCUT2D eigenvalue weighted by Crippen LogP contribution is -2.35. The first-order valence-electron chi connectivity index (χ1n) is 5.91. The van der Waals surface area contributed by atoms with Crippen LogP contribution in [0.15, 0.2) is 22.7 Å². The molecule has 0 aliphatic rings. The molecule has 1 N–H and O–H groups in total. The van der Waals surface area contributed by atoms with Crippen LogP contribution in [0, 0.1) is 5.82 Å². The van der Waals surface area contributed by atoms with Gasteiger partial charge in [0, 0.05) is 24.1 Å². The topological polar surface area (TPSA) is 43.8 Å². The van der Waals surface area contributed by atoms with Crippen LogP contribution < -0.4 is 0 Å². The summed E-state index contributed by atoms with van der Waals surface area (Å²) < 4.78 is 13.7. The Labute approximate surface area is 120 Å². The second-order valence-electron chi connectivity index (χ2n) is 4.64. The van der Waals surface area contributed by atoms with Gasteiger partial charge in [0.05, 0.1) is 6.54 Å². The number of halogens is 2. The van der Waals surface area contributed by atoms with Crippen LogP contribution in [-0.2, 0) is 11.3 Å². The molecule has 0 atom stereocenters. The lowest BCUT2D eigenvalue weighted by molar-refractivity contribution is -0.138. The monoisotopic (exact) mass is 332 g/mol. The molecule has 0 bridgehead atoms. The average Bonchev–Trinajstić information content (AvgIpc) is 2.28. The number of likely N-dealkylation sites (N-methyl/N-ethyl adjacent to an activating group) is 1. The zero-order valence-corrected chi connectivity index (χ0v) is 12.7. The maximum Gasteiger partial charge on any atom is 0.317 e. The average molecular weight is 333 g/mol. The Morgan fingerprint density at radius 3 is 2.58 bits per heavy atom. The minimum atomic E-state index is -0.864. The van der Waals surface area contributed by atoms with E-state index in [1.807, 2.05) is 23.9 Å². The molecule has 0 saturated carbocycles. The van der Waals surface area contributed by atoms with Crippen LogP contribution in [-0.4, -0.2) is 54.6 Å². The van der Waals surface area contributed by atoms with Crippen LogP contribution in [0.3, 0.4) is 0 Å². The molecule has 0 heterocycles. The molecular formula is C13H18BrFN2O2. The van der Waals surface area contributed by atoms with E-state index in [-0.39, 0.29) is 12.4 Å². The number of carboxylic acids is 1. The molecule has 19 heavy (non-hydrogen) atoms. The summed E-state index contributed by atoms with van der Waals surface area (Å²) in [5.41, 5.74) is 0.876. The van der Waals surface area contributed by atoms with Crippen LogP contribution in [0.2, 0.25) is 0 Å². The van der Waals surface area contributed by atoms with Crippen LogP contribution in [0.25, 0.3) is 0 Å². The van der Waals surface area contributed by atoms with Crippen LogP contribution >= 0.6 is 15.9 Å². The molecule has 0 aromatic heterocycles. The molecule has 1 aromatic rings. The summed E-state index contributed by atoms with van der Waals surface area (Å²) >= 11 is 3.30. The van der Waals surface area contributed by atoms with E-state index in [1.54, 1.807) is 6.07 Å². The number of rotatable bonds is 7. The predicted molar refractivity (Wildman–Crippen MR) is 75.6 cm³/mol. The third kappa shape index (κ3) is 6.13. The van der Waals surface area contributed by atoms with E-state index >= 15 is 0 Å². The van der Waals surface area contributed by atoms with Crippen molar-refractivity contribution in [2.45, 2.75) is 6.54 Å². The van der Waals surface area contributed by atoms with E-state index in [9.17, 15) is 9.18 Å². The van der Waals surface area contributed by atoms with Gasteiger partial charge in [0.2, 0.25) is 0 Å². The smallest absolute Gasteiger partial charge is 0.317 e. The van der Waals surface area contributed by atoms with Crippen LogP contribution in [0.4, 0.5) is 4.39 Å². The van der Waals surface area contributed by atoms with Gasteiger partial charge in [-0.15, -0.1) is 0 Å². The van der Waals surface area contributed by atoms with E-state index in [1.165, 1.54) is 12.1 Å². The van der Waals surface area contributed by atoms with Gasteiger partial charge in [-0.2, -0.15) is 0 Å². The first kappa shape index (κ1) is 16.1. The van der Waals surface area contributed by atoms with Gasteiger partial charge in [0.1, 0.15) is 5.82 Å². The van der Waals surface area contributed by atoms with Crippen molar-refractivity contribution in [2.24, 2.45) is 0 Å². The van der Waals surface area contributed by atoms with Gasteiger partial charge < -0.3 is 10.0 Å². The molecule has 4 nitrogen and oxygen atoms in total. The maximum absolute atomic E-state index is 13.0. The second kappa shape index (κ2) is 7.57. The van der Waals surface area contributed by atoms with Gasteiger partial charge in [0.25, 0.3) is 0 Å². The molecule has 1 aromatic carbocycles. The molecule has 0 saturated heterocycles. The van der Waals surface area contributed by atoms with E-state index in [2.05, 4.69) is 15.9 Å². The number of benzene rings is 1. The van der Waals surface area contributed by atoms with Crippen LogP contribution in [0.1, 0.15) is 5.56 Å². The zero-order chi connectivity index (χ0) is 14.4. The predicted octanol–water partition coefficient (Wildman–Crippen LogP) is 2.04. The van der Waals surface area contributed by atoms with Crippen molar-refractivity contribution < 1.29 is 14.3 Å². The third-order valence-corrected chi connectivity index (χ3v) is 3.37. The van der Waals surface area contributed by atoms with Gasteiger partial charge in [-0.1, -0.05) is 22.0 Å². The first-order chi connectivity index (χ1) is 8.88. The van der Waals surface area contributed by atoms with Gasteiger partial charge in [0.15, 0.2) is 0 Å². The highest BCUT2D eigenvalue weighted by Crippen LogP contribution is 2.19. The molecule has 106 valence electrons. The third-order valence-electron chi connectivity index (χ3n) is 2.63. The quantitative estimate of drug-likeness (QED) is 0.829. The fraction of sp³-hybridized carbons (Fsp3) is 0.462.